The first-order chi connectivity index (χ1) is 22.2. The van der Waals surface area contributed by atoms with E-state index in [0.717, 1.165) is 18.7 Å². The van der Waals surface area contributed by atoms with Crippen molar-refractivity contribution in [1.29, 1.82) is 0 Å². The van der Waals surface area contributed by atoms with E-state index in [1.54, 1.807) is 60.7 Å². The number of aromatic nitrogens is 1. The van der Waals surface area contributed by atoms with Crippen LogP contribution in [0.5, 0.6) is 17.2 Å². The maximum atomic E-state index is 13.0. The number of carbonyl (C=O) groups is 2. The summed E-state index contributed by atoms with van der Waals surface area (Å²) in [6.07, 6.45) is 0.776. The number of rotatable bonds is 9. The van der Waals surface area contributed by atoms with Crippen LogP contribution >= 0.6 is 0 Å². The number of benzene rings is 2. The highest BCUT2D eigenvalue weighted by atomic mass is 16.5. The van der Waals surface area contributed by atoms with Crippen LogP contribution in [-0.4, -0.2) is 53.8 Å². The third kappa shape index (κ3) is 6.45. The molecular formula is C35H34N2O9. The Bertz CT molecular complexity index is 1860. The average Bonchev–Trinajstić information content (AvgIpc) is 3.06. The molecule has 3 atom stereocenters. The fourth-order valence-corrected chi connectivity index (χ4v) is 6.49. The molecule has 2 aromatic carbocycles. The lowest BCUT2D eigenvalue weighted by Gasteiger charge is -2.42. The van der Waals surface area contributed by atoms with Gasteiger partial charge >= 0.3 is 11.9 Å². The average molecular weight is 627 g/mol. The van der Waals surface area contributed by atoms with Gasteiger partial charge in [-0.25, -0.2) is 4.79 Å². The normalized spacial score (nSPS) is 17.9. The first kappa shape index (κ1) is 30.8. The van der Waals surface area contributed by atoms with Crippen molar-refractivity contribution in [3.8, 4) is 17.2 Å². The molecule has 4 heterocycles. The number of esters is 2. The van der Waals surface area contributed by atoms with Gasteiger partial charge in [0.05, 0.1) is 38.7 Å². The van der Waals surface area contributed by atoms with Crippen LogP contribution in [0.15, 0.2) is 86.8 Å². The summed E-state index contributed by atoms with van der Waals surface area (Å²) in [7, 11) is 2.79. The Labute approximate surface area is 264 Å². The lowest BCUT2D eigenvalue weighted by Crippen LogP contribution is -2.46. The highest BCUT2D eigenvalue weighted by Crippen LogP contribution is 2.37. The molecule has 11 heteroatoms. The zero-order chi connectivity index (χ0) is 32.4. The van der Waals surface area contributed by atoms with Gasteiger partial charge in [0.2, 0.25) is 11.2 Å². The van der Waals surface area contributed by atoms with Crippen LogP contribution in [0, 0.1) is 5.92 Å². The Balaban J connectivity index is 1.23. The molecular weight excluding hydrogens is 592 g/mol. The zero-order valence-electron chi connectivity index (χ0n) is 25.5. The molecule has 1 N–H and O–H groups in total. The van der Waals surface area contributed by atoms with Gasteiger partial charge in [0.15, 0.2) is 5.76 Å². The van der Waals surface area contributed by atoms with Crippen molar-refractivity contribution in [3.05, 3.63) is 122 Å². The number of fused-ring (bicyclic) bond motifs is 4. The molecule has 1 saturated heterocycles. The van der Waals surface area contributed by atoms with Crippen LogP contribution in [-0.2, 0) is 22.6 Å². The number of hydrogen-bond donors (Lipinski definition) is 1. The second-order valence-corrected chi connectivity index (χ2v) is 11.7. The smallest absolute Gasteiger partial charge is 0.343 e. The van der Waals surface area contributed by atoms with Crippen LogP contribution in [0.3, 0.4) is 0 Å². The Hall–Kier alpha value is -5.16. The van der Waals surface area contributed by atoms with Crippen molar-refractivity contribution in [3.63, 3.8) is 0 Å². The summed E-state index contributed by atoms with van der Waals surface area (Å²) < 4.78 is 23.6. The minimum absolute atomic E-state index is 0.00917. The third-order valence-corrected chi connectivity index (χ3v) is 8.67. The van der Waals surface area contributed by atoms with E-state index >= 15 is 0 Å². The molecule has 2 aliphatic rings. The van der Waals surface area contributed by atoms with E-state index in [9.17, 15) is 24.3 Å². The second-order valence-electron chi connectivity index (χ2n) is 11.7. The molecule has 6 rings (SSSR count). The molecule has 1 unspecified atom stereocenters. The number of aromatic hydroxyl groups is 1. The first-order valence-corrected chi connectivity index (χ1v) is 15.0. The van der Waals surface area contributed by atoms with Crippen LogP contribution in [0.4, 0.5) is 0 Å². The van der Waals surface area contributed by atoms with Crippen molar-refractivity contribution in [2.45, 2.75) is 37.8 Å². The third-order valence-electron chi connectivity index (χ3n) is 8.67. The van der Waals surface area contributed by atoms with Gasteiger partial charge < -0.3 is 28.3 Å². The number of pyridine rings is 1. The molecule has 0 saturated carbocycles. The van der Waals surface area contributed by atoms with E-state index in [0.29, 0.717) is 42.3 Å². The van der Waals surface area contributed by atoms with Gasteiger partial charge in [-0.15, -0.1) is 0 Å². The van der Waals surface area contributed by atoms with Gasteiger partial charge in [0.1, 0.15) is 17.3 Å². The Morgan fingerprint density at radius 1 is 0.957 bits per heavy atom. The number of piperidine rings is 1. The summed E-state index contributed by atoms with van der Waals surface area (Å²) >= 11 is 0. The molecule has 4 aromatic rings. The standard InChI is InChI=1S/C35H34N2O9/c1-43-25-10-8-23(9-11-25)35(42)46-26-12-6-22(7-13-26)28(16-32(40)44-2)34-33(41)30(38)15-27(45-34)20-36-17-21-14-24(19-36)29-4-3-5-31(39)37(29)18-21/h3-13,15,21,24,28,41H,14,16-20H2,1-2H3/t21-,24+,28?/m1/s1. The van der Waals surface area contributed by atoms with Crippen LogP contribution in [0.25, 0.3) is 0 Å². The summed E-state index contributed by atoms with van der Waals surface area (Å²) in [5, 5.41) is 10.9. The highest BCUT2D eigenvalue weighted by Gasteiger charge is 2.35. The quantitative estimate of drug-likeness (QED) is 0.214. The molecule has 1 fully saturated rings. The van der Waals surface area contributed by atoms with E-state index in [4.69, 9.17) is 18.6 Å². The lowest BCUT2D eigenvalue weighted by atomic mass is 9.83. The van der Waals surface area contributed by atoms with Crippen LogP contribution in [0.2, 0.25) is 0 Å². The van der Waals surface area contributed by atoms with E-state index in [-0.39, 0.29) is 35.3 Å². The SMILES string of the molecule is COC(=O)CC(c1ccc(OC(=O)c2ccc(OC)cc2)cc1)c1oc(CN2C[C@H]3C[C@@H](C2)c2cccc(=O)n2C3)cc(=O)c1O. The summed E-state index contributed by atoms with van der Waals surface area (Å²) in [5.41, 5.74) is 1.28. The van der Waals surface area contributed by atoms with Gasteiger partial charge in [0, 0.05) is 43.4 Å². The lowest BCUT2D eigenvalue weighted by molar-refractivity contribution is -0.140. The van der Waals surface area contributed by atoms with Gasteiger partial charge in [-0.05, 0) is 60.4 Å². The van der Waals surface area contributed by atoms with Crippen molar-refractivity contribution < 1.29 is 33.3 Å². The molecule has 2 bridgehead atoms. The number of methoxy groups -OCH3 is 2. The van der Waals surface area contributed by atoms with Gasteiger partial charge in [-0.1, -0.05) is 18.2 Å². The number of carbonyl (C=O) groups excluding carboxylic acids is 2. The molecule has 11 nitrogen and oxygen atoms in total. The highest BCUT2D eigenvalue weighted by molar-refractivity contribution is 5.91. The molecule has 0 spiro atoms. The number of hydrogen-bond acceptors (Lipinski definition) is 10. The number of likely N-dealkylation sites (tertiary alicyclic amines) is 1. The number of ether oxygens (including phenoxy) is 3. The molecule has 46 heavy (non-hydrogen) atoms. The number of nitrogens with zero attached hydrogens (tertiary/aromatic N) is 2. The summed E-state index contributed by atoms with van der Waals surface area (Å²) in [6.45, 7) is 2.36. The summed E-state index contributed by atoms with van der Waals surface area (Å²) in [5.74, 6) is -0.941. The van der Waals surface area contributed by atoms with Crippen LogP contribution < -0.4 is 20.5 Å². The maximum absolute atomic E-state index is 13.0. The summed E-state index contributed by atoms with van der Waals surface area (Å²) in [6, 6.07) is 19.6. The van der Waals surface area contributed by atoms with Gasteiger partial charge in [0.25, 0.3) is 5.56 Å². The first-order valence-electron chi connectivity index (χ1n) is 15.0. The van der Waals surface area contributed by atoms with Crippen molar-refractivity contribution in [2.75, 3.05) is 27.3 Å². The minimum atomic E-state index is -0.856. The second kappa shape index (κ2) is 13.1. The van der Waals surface area contributed by atoms with Crippen molar-refractivity contribution in [2.24, 2.45) is 5.92 Å². The van der Waals surface area contributed by atoms with Crippen molar-refractivity contribution >= 4 is 11.9 Å². The Kier molecular flexibility index (Phi) is 8.76. The minimum Gasteiger partial charge on any atom is -0.502 e. The van der Waals surface area contributed by atoms with E-state index in [1.165, 1.54) is 20.3 Å². The van der Waals surface area contributed by atoms with E-state index in [2.05, 4.69) is 4.90 Å². The predicted octanol–water partition coefficient (Wildman–Crippen LogP) is 4.05. The van der Waals surface area contributed by atoms with Crippen LogP contribution in [0.1, 0.15) is 57.8 Å². The van der Waals surface area contributed by atoms with Gasteiger partial charge in [-0.2, -0.15) is 0 Å². The van der Waals surface area contributed by atoms with Crippen molar-refractivity contribution in [1.82, 2.24) is 9.47 Å². The Morgan fingerprint density at radius 3 is 2.41 bits per heavy atom. The topological polar surface area (TPSA) is 138 Å². The molecule has 0 amide bonds. The monoisotopic (exact) mass is 626 g/mol. The zero-order valence-corrected chi connectivity index (χ0v) is 25.5. The fraction of sp³-hybridized carbons (Fsp3) is 0.314. The summed E-state index contributed by atoms with van der Waals surface area (Å²) in [4.78, 5) is 52.7. The largest absolute Gasteiger partial charge is 0.502 e. The van der Waals surface area contributed by atoms with E-state index in [1.807, 2.05) is 10.6 Å². The molecule has 238 valence electrons. The molecule has 2 aromatic heterocycles. The Morgan fingerprint density at radius 2 is 1.70 bits per heavy atom. The predicted molar refractivity (Wildman–Crippen MR) is 166 cm³/mol. The molecule has 0 aliphatic carbocycles. The van der Waals surface area contributed by atoms with Gasteiger partial charge in [-0.3, -0.25) is 19.3 Å². The maximum Gasteiger partial charge on any atom is 0.343 e. The molecule has 2 aliphatic heterocycles. The van der Waals surface area contributed by atoms with E-state index < -0.39 is 29.0 Å². The fourth-order valence-electron chi connectivity index (χ4n) is 6.49. The molecule has 0 radical (unpaired) electrons.